The number of allylic oxidation sites excluding steroid dienone is 1. The van der Waals surface area contributed by atoms with Gasteiger partial charge in [-0.1, -0.05) is 63.3 Å². The number of hydrogen-bond donors (Lipinski definition) is 0. The quantitative estimate of drug-likeness (QED) is 0.181. The van der Waals surface area contributed by atoms with Crippen LogP contribution in [0.3, 0.4) is 0 Å². The molecule has 1 saturated heterocycles. The van der Waals surface area contributed by atoms with Gasteiger partial charge in [-0.3, -0.25) is 0 Å². The molecule has 6 heteroatoms. The predicted molar refractivity (Wildman–Crippen MR) is 150 cm³/mol. The average molecular weight is 517 g/mol. The average Bonchev–Trinajstić information content (AvgIpc) is 3.31. The molecule has 0 spiro atoms. The van der Waals surface area contributed by atoms with Gasteiger partial charge < -0.3 is 18.3 Å². The lowest BCUT2D eigenvalue weighted by molar-refractivity contribution is -0.113. The smallest absolute Gasteiger partial charge is 0.241 e. The molecule has 1 aliphatic heterocycles. The zero-order chi connectivity index (χ0) is 25.9. The number of methoxy groups -OCH3 is 1. The maximum atomic E-state index is 6.94. The van der Waals surface area contributed by atoms with Crippen molar-refractivity contribution < 1.29 is 18.3 Å². The second kappa shape index (κ2) is 11.5. The summed E-state index contributed by atoms with van der Waals surface area (Å²) in [6, 6.07) is 10.7. The Morgan fingerprint density at radius 1 is 1.09 bits per heavy atom. The molecule has 3 rings (SSSR count). The van der Waals surface area contributed by atoms with Crippen LogP contribution in [0.25, 0.3) is 0 Å². The Labute approximate surface area is 216 Å². The van der Waals surface area contributed by atoms with E-state index in [0.717, 1.165) is 25.7 Å². The van der Waals surface area contributed by atoms with Gasteiger partial charge in [0.15, 0.2) is 14.6 Å². The first-order valence-corrected chi connectivity index (χ1v) is 19.6. The molecular weight excluding hydrogens is 468 g/mol. The summed E-state index contributed by atoms with van der Waals surface area (Å²) in [5.41, 5.74) is 2.71. The Morgan fingerprint density at radius 2 is 1.77 bits per heavy atom. The van der Waals surface area contributed by atoms with Crippen molar-refractivity contribution in [3.05, 3.63) is 59.9 Å². The molecule has 1 heterocycles. The standard InChI is InChI=1S/C29H48O4Si2/c1-29(2,3)35(8,9)33-24(16-15-22-13-11-10-12-14-22)17-18-25-23(21-31-34(5,6)7)19-27-26(25)20-28(30-4)32-27/h10-14,17-18,21,24-28H,15-16,19-20H2,1-9H3/b18-17+,23-21-/t24-,25-,26+,27-,28?/m0/s1. The molecule has 1 aromatic rings. The molecule has 1 saturated carbocycles. The zero-order valence-electron chi connectivity index (χ0n) is 23.5. The molecule has 1 aromatic carbocycles. The number of fused-ring (bicyclic) bond motifs is 1. The third-order valence-corrected chi connectivity index (χ3v) is 13.1. The molecule has 5 atom stereocenters. The van der Waals surface area contributed by atoms with Crippen LogP contribution in [0.15, 0.2) is 54.3 Å². The maximum absolute atomic E-state index is 6.94. The minimum absolute atomic E-state index is 0.0925. The van der Waals surface area contributed by atoms with E-state index < -0.39 is 16.6 Å². The maximum Gasteiger partial charge on any atom is 0.241 e. The summed E-state index contributed by atoms with van der Waals surface area (Å²) in [7, 11) is -1.81. The van der Waals surface area contributed by atoms with Crippen LogP contribution in [0.1, 0.15) is 45.6 Å². The Bertz CT molecular complexity index is 867. The molecule has 0 aromatic heterocycles. The van der Waals surface area contributed by atoms with Crippen molar-refractivity contribution in [1.82, 2.24) is 0 Å². The molecule has 0 N–H and O–H groups in total. The highest BCUT2D eigenvalue weighted by molar-refractivity contribution is 6.74. The van der Waals surface area contributed by atoms with Crippen molar-refractivity contribution in [3.8, 4) is 0 Å². The van der Waals surface area contributed by atoms with Gasteiger partial charge in [-0.25, -0.2) is 0 Å². The van der Waals surface area contributed by atoms with Crippen molar-refractivity contribution >= 4 is 16.6 Å². The summed E-state index contributed by atoms with van der Waals surface area (Å²) in [4.78, 5) is 0. The number of ether oxygens (including phenoxy) is 2. The van der Waals surface area contributed by atoms with E-state index in [1.54, 1.807) is 7.11 Å². The van der Waals surface area contributed by atoms with Crippen LogP contribution in [-0.2, 0) is 24.7 Å². The van der Waals surface area contributed by atoms with E-state index in [9.17, 15) is 0 Å². The van der Waals surface area contributed by atoms with E-state index in [2.05, 4.69) is 102 Å². The first-order chi connectivity index (χ1) is 16.3. The molecular formula is C29H48O4Si2. The lowest BCUT2D eigenvalue weighted by atomic mass is 9.90. The molecule has 2 aliphatic rings. The first kappa shape index (κ1) is 28.4. The summed E-state index contributed by atoms with van der Waals surface area (Å²) in [5.74, 6) is 0.731. The Kier molecular flexibility index (Phi) is 9.30. The van der Waals surface area contributed by atoms with Gasteiger partial charge >= 0.3 is 0 Å². The second-order valence-corrected chi connectivity index (χ2v) is 21.9. The van der Waals surface area contributed by atoms with Crippen molar-refractivity contribution in [2.24, 2.45) is 11.8 Å². The van der Waals surface area contributed by atoms with E-state index in [-0.39, 0.29) is 23.5 Å². The lowest BCUT2D eigenvalue weighted by Gasteiger charge is -2.38. The van der Waals surface area contributed by atoms with Gasteiger partial charge in [0.05, 0.1) is 18.5 Å². The van der Waals surface area contributed by atoms with Crippen LogP contribution in [0.2, 0.25) is 37.8 Å². The minimum Gasteiger partial charge on any atom is -0.550 e. The molecule has 196 valence electrons. The van der Waals surface area contributed by atoms with Crippen LogP contribution in [0.4, 0.5) is 0 Å². The number of rotatable bonds is 10. The largest absolute Gasteiger partial charge is 0.550 e. The number of hydrogen-bond acceptors (Lipinski definition) is 4. The Morgan fingerprint density at radius 3 is 2.37 bits per heavy atom. The SMILES string of the molecule is COC1C[C@H]2[C@H](C/C(=C/O[Si](C)(C)C)[C@@H]2/C=C/[C@H](CCc2ccccc2)O[Si](C)(C)C(C)(C)C)O1. The van der Waals surface area contributed by atoms with Gasteiger partial charge in [0.1, 0.15) is 0 Å². The van der Waals surface area contributed by atoms with E-state index >= 15 is 0 Å². The summed E-state index contributed by atoms with van der Waals surface area (Å²) in [5, 5.41) is 0.172. The highest BCUT2D eigenvalue weighted by Gasteiger charge is 2.46. The van der Waals surface area contributed by atoms with E-state index in [1.165, 1.54) is 11.1 Å². The number of aryl methyl sites for hydroxylation is 1. The first-order valence-electron chi connectivity index (χ1n) is 13.2. The van der Waals surface area contributed by atoms with Gasteiger partial charge in [0, 0.05) is 25.4 Å². The summed E-state index contributed by atoms with van der Waals surface area (Å²) in [6.07, 6.45) is 10.8. The van der Waals surface area contributed by atoms with Gasteiger partial charge in [0.2, 0.25) is 8.32 Å². The van der Waals surface area contributed by atoms with Gasteiger partial charge in [-0.2, -0.15) is 0 Å². The fourth-order valence-electron chi connectivity index (χ4n) is 4.69. The topological polar surface area (TPSA) is 36.9 Å². The van der Waals surface area contributed by atoms with E-state index in [4.69, 9.17) is 18.3 Å². The third kappa shape index (κ3) is 7.90. The Balaban J connectivity index is 1.83. The van der Waals surface area contributed by atoms with Crippen LogP contribution in [-0.4, -0.2) is 42.2 Å². The fourth-order valence-corrected chi connectivity index (χ4v) is 6.50. The molecule has 0 radical (unpaired) electrons. The summed E-state index contributed by atoms with van der Waals surface area (Å²) < 4.78 is 24.9. The molecule has 1 unspecified atom stereocenters. The highest BCUT2D eigenvalue weighted by atomic mass is 28.4. The zero-order valence-corrected chi connectivity index (χ0v) is 25.5. The second-order valence-electron chi connectivity index (χ2n) is 12.7. The summed E-state index contributed by atoms with van der Waals surface area (Å²) >= 11 is 0. The van der Waals surface area contributed by atoms with Crippen molar-refractivity contribution in [1.29, 1.82) is 0 Å². The van der Waals surface area contributed by atoms with Gasteiger partial charge in [-0.05, 0) is 68.2 Å². The molecule has 1 aliphatic carbocycles. The van der Waals surface area contributed by atoms with Crippen molar-refractivity contribution in [2.75, 3.05) is 7.11 Å². The van der Waals surface area contributed by atoms with E-state index in [0.29, 0.717) is 11.8 Å². The summed E-state index contributed by atoms with van der Waals surface area (Å²) in [6.45, 7) is 18.3. The predicted octanol–water partition coefficient (Wildman–Crippen LogP) is 7.70. The van der Waals surface area contributed by atoms with Gasteiger partial charge in [-0.15, -0.1) is 0 Å². The van der Waals surface area contributed by atoms with Crippen LogP contribution in [0.5, 0.6) is 0 Å². The molecule has 2 fully saturated rings. The van der Waals surface area contributed by atoms with Crippen molar-refractivity contribution in [2.45, 2.75) is 103 Å². The lowest BCUT2D eigenvalue weighted by Crippen LogP contribution is -2.43. The van der Waals surface area contributed by atoms with Crippen molar-refractivity contribution in [3.63, 3.8) is 0 Å². The monoisotopic (exact) mass is 516 g/mol. The van der Waals surface area contributed by atoms with Crippen LogP contribution < -0.4 is 0 Å². The number of benzene rings is 1. The third-order valence-electron chi connectivity index (χ3n) is 7.77. The molecule has 35 heavy (non-hydrogen) atoms. The van der Waals surface area contributed by atoms with Crippen LogP contribution in [0, 0.1) is 11.8 Å². The van der Waals surface area contributed by atoms with Gasteiger partial charge in [0.25, 0.3) is 0 Å². The normalized spacial score (nSPS) is 27.5. The molecule has 0 amide bonds. The minimum atomic E-state index is -1.91. The molecule has 4 nitrogen and oxygen atoms in total. The fraction of sp³-hybridized carbons (Fsp3) is 0.655. The van der Waals surface area contributed by atoms with E-state index in [1.807, 2.05) is 0 Å². The molecule has 0 bridgehead atoms. The van der Waals surface area contributed by atoms with Crippen LogP contribution >= 0.6 is 0 Å². The highest BCUT2D eigenvalue weighted by Crippen LogP contribution is 2.47. The Hall–Kier alpha value is -1.19.